The lowest BCUT2D eigenvalue weighted by atomic mass is 10.1. The fraction of sp³-hybridized carbons (Fsp3) is 0.667. The first-order chi connectivity index (χ1) is 12.7. The molecule has 2 N–H and O–H groups in total. The molecule has 0 amide bonds. The average molecular weight is 360 g/mol. The van der Waals surface area contributed by atoms with E-state index >= 15 is 0 Å². The molecule has 0 saturated carbocycles. The smallest absolute Gasteiger partial charge is 0.191 e. The van der Waals surface area contributed by atoms with Crippen molar-refractivity contribution >= 4 is 5.96 Å². The monoisotopic (exact) mass is 359 g/mol. The second-order valence-electron chi connectivity index (χ2n) is 7.18. The molecule has 0 spiro atoms. The van der Waals surface area contributed by atoms with Crippen LogP contribution >= 0.6 is 0 Å². The van der Waals surface area contributed by atoms with Crippen molar-refractivity contribution in [1.82, 2.24) is 20.4 Å². The van der Waals surface area contributed by atoms with Crippen LogP contribution in [0.2, 0.25) is 0 Å². The lowest BCUT2D eigenvalue weighted by Crippen LogP contribution is -2.45. The molecule has 1 heterocycles. The van der Waals surface area contributed by atoms with Crippen molar-refractivity contribution in [2.24, 2.45) is 4.99 Å². The van der Waals surface area contributed by atoms with Gasteiger partial charge in [0.05, 0.1) is 0 Å². The summed E-state index contributed by atoms with van der Waals surface area (Å²) >= 11 is 0. The zero-order chi connectivity index (χ0) is 18.8. The van der Waals surface area contributed by atoms with Crippen molar-refractivity contribution in [3.63, 3.8) is 0 Å². The van der Waals surface area contributed by atoms with Gasteiger partial charge in [-0.2, -0.15) is 0 Å². The molecule has 0 aromatic heterocycles. The van der Waals surface area contributed by atoms with E-state index in [2.05, 4.69) is 70.5 Å². The van der Waals surface area contributed by atoms with Gasteiger partial charge < -0.3 is 10.6 Å². The molecule has 1 atom stereocenters. The van der Waals surface area contributed by atoms with Crippen LogP contribution in [0.15, 0.2) is 29.3 Å². The van der Waals surface area contributed by atoms with E-state index in [1.807, 2.05) is 7.05 Å². The topological polar surface area (TPSA) is 42.9 Å². The molecule has 1 unspecified atom stereocenters. The van der Waals surface area contributed by atoms with E-state index in [9.17, 15) is 0 Å². The number of guanidine groups is 1. The van der Waals surface area contributed by atoms with Crippen molar-refractivity contribution in [2.45, 2.75) is 52.7 Å². The summed E-state index contributed by atoms with van der Waals surface area (Å²) in [5.74, 6) is 0.866. The maximum Gasteiger partial charge on any atom is 0.191 e. The molecule has 26 heavy (non-hydrogen) atoms. The minimum atomic E-state index is 0.494. The number of rotatable bonds is 9. The van der Waals surface area contributed by atoms with E-state index in [1.54, 1.807) is 0 Å². The number of hydrogen-bond donors (Lipinski definition) is 2. The third kappa shape index (κ3) is 6.61. The van der Waals surface area contributed by atoms with Gasteiger partial charge in [0, 0.05) is 32.7 Å². The van der Waals surface area contributed by atoms with Crippen molar-refractivity contribution in [3.05, 3.63) is 35.4 Å². The van der Waals surface area contributed by atoms with Crippen molar-refractivity contribution in [1.29, 1.82) is 0 Å². The maximum absolute atomic E-state index is 4.34. The molecule has 1 aliphatic rings. The van der Waals surface area contributed by atoms with Gasteiger partial charge in [-0.05, 0) is 57.1 Å². The standard InChI is InChI=1S/C21H37N5/c1-5-26(6-2)18(3)15-23-21(22-4)24-16-19-9-11-20(12-10-19)17-25-13-7-8-14-25/h9-12,18H,5-8,13-17H2,1-4H3,(H2,22,23,24). The molecule has 0 bridgehead atoms. The van der Waals surface area contributed by atoms with E-state index in [0.29, 0.717) is 6.04 Å². The third-order valence-corrected chi connectivity index (χ3v) is 5.31. The van der Waals surface area contributed by atoms with E-state index in [0.717, 1.165) is 38.7 Å². The Bertz CT molecular complexity index is 530. The molecule has 0 radical (unpaired) electrons. The summed E-state index contributed by atoms with van der Waals surface area (Å²) in [4.78, 5) is 9.32. The molecule has 1 saturated heterocycles. The van der Waals surface area contributed by atoms with Gasteiger partial charge in [-0.25, -0.2) is 0 Å². The number of nitrogens with zero attached hydrogens (tertiary/aromatic N) is 3. The number of likely N-dealkylation sites (N-methyl/N-ethyl adjacent to an activating group) is 1. The Labute approximate surface area is 159 Å². The lowest BCUT2D eigenvalue weighted by molar-refractivity contribution is 0.231. The van der Waals surface area contributed by atoms with Gasteiger partial charge in [0.25, 0.3) is 0 Å². The Morgan fingerprint density at radius 2 is 1.69 bits per heavy atom. The predicted octanol–water partition coefficient (Wildman–Crippen LogP) is 2.68. The van der Waals surface area contributed by atoms with Crippen LogP contribution in [0.1, 0.15) is 44.7 Å². The largest absolute Gasteiger partial charge is 0.355 e. The van der Waals surface area contributed by atoms with Gasteiger partial charge in [-0.15, -0.1) is 0 Å². The summed E-state index contributed by atoms with van der Waals surface area (Å²) in [6, 6.07) is 9.46. The first-order valence-electron chi connectivity index (χ1n) is 10.1. The lowest BCUT2D eigenvalue weighted by Gasteiger charge is -2.27. The highest BCUT2D eigenvalue weighted by Crippen LogP contribution is 2.13. The number of hydrogen-bond acceptors (Lipinski definition) is 3. The molecule has 5 heteroatoms. The highest BCUT2D eigenvalue weighted by molar-refractivity contribution is 5.79. The van der Waals surface area contributed by atoms with E-state index in [1.165, 1.54) is 37.1 Å². The molecular weight excluding hydrogens is 322 g/mol. The van der Waals surface area contributed by atoms with E-state index in [4.69, 9.17) is 0 Å². The van der Waals surface area contributed by atoms with Gasteiger partial charge in [-0.1, -0.05) is 38.1 Å². The normalized spacial score (nSPS) is 16.9. The van der Waals surface area contributed by atoms with Gasteiger partial charge in [-0.3, -0.25) is 14.8 Å². The Kier molecular flexibility index (Phi) is 8.92. The Hall–Kier alpha value is -1.59. The quantitative estimate of drug-likeness (QED) is 0.525. The maximum atomic E-state index is 4.34. The van der Waals surface area contributed by atoms with Crippen molar-refractivity contribution in [2.75, 3.05) is 39.8 Å². The molecule has 5 nitrogen and oxygen atoms in total. The van der Waals surface area contributed by atoms with Crippen LogP contribution in [0.3, 0.4) is 0 Å². The second-order valence-corrected chi connectivity index (χ2v) is 7.18. The molecule has 1 aromatic rings. The molecule has 1 fully saturated rings. The molecule has 1 aliphatic heterocycles. The fourth-order valence-electron chi connectivity index (χ4n) is 3.59. The average Bonchev–Trinajstić information content (AvgIpc) is 3.17. The van der Waals surface area contributed by atoms with Crippen LogP contribution < -0.4 is 10.6 Å². The number of benzene rings is 1. The van der Waals surface area contributed by atoms with Crippen molar-refractivity contribution in [3.8, 4) is 0 Å². The van der Waals surface area contributed by atoms with Crippen LogP contribution in [0, 0.1) is 0 Å². The first kappa shape index (κ1) is 20.7. The minimum Gasteiger partial charge on any atom is -0.355 e. The molecule has 0 aliphatic carbocycles. The number of aliphatic imine (C=N–C) groups is 1. The van der Waals surface area contributed by atoms with Crippen LogP contribution in [0.5, 0.6) is 0 Å². The number of likely N-dealkylation sites (tertiary alicyclic amines) is 1. The zero-order valence-electron chi connectivity index (χ0n) is 17.1. The van der Waals surface area contributed by atoms with Gasteiger partial charge >= 0.3 is 0 Å². The van der Waals surface area contributed by atoms with Crippen LogP contribution in [-0.4, -0.2) is 61.6 Å². The highest BCUT2D eigenvalue weighted by atomic mass is 15.2. The van der Waals surface area contributed by atoms with Gasteiger partial charge in [0.2, 0.25) is 0 Å². The fourth-order valence-corrected chi connectivity index (χ4v) is 3.59. The summed E-state index contributed by atoms with van der Waals surface area (Å²) in [7, 11) is 1.83. The highest BCUT2D eigenvalue weighted by Gasteiger charge is 2.12. The van der Waals surface area contributed by atoms with Crippen LogP contribution in [0.25, 0.3) is 0 Å². The minimum absolute atomic E-state index is 0.494. The predicted molar refractivity (Wildman–Crippen MR) is 112 cm³/mol. The Morgan fingerprint density at radius 1 is 1.08 bits per heavy atom. The van der Waals surface area contributed by atoms with E-state index < -0.39 is 0 Å². The van der Waals surface area contributed by atoms with Crippen molar-refractivity contribution < 1.29 is 0 Å². The SMILES string of the molecule is CCN(CC)C(C)CNC(=NC)NCc1ccc(CN2CCCC2)cc1. The van der Waals surface area contributed by atoms with Crippen LogP contribution in [0.4, 0.5) is 0 Å². The summed E-state index contributed by atoms with van der Waals surface area (Å²) in [5, 5.41) is 6.86. The first-order valence-corrected chi connectivity index (χ1v) is 10.1. The Morgan fingerprint density at radius 3 is 2.27 bits per heavy atom. The summed E-state index contributed by atoms with van der Waals surface area (Å²) < 4.78 is 0. The Balaban J connectivity index is 1.75. The summed E-state index contributed by atoms with van der Waals surface area (Å²) in [6.45, 7) is 14.1. The second kappa shape index (κ2) is 11.2. The zero-order valence-corrected chi connectivity index (χ0v) is 17.1. The van der Waals surface area contributed by atoms with Gasteiger partial charge in [0.15, 0.2) is 5.96 Å². The van der Waals surface area contributed by atoms with E-state index in [-0.39, 0.29) is 0 Å². The molecule has 1 aromatic carbocycles. The summed E-state index contributed by atoms with van der Waals surface area (Å²) in [5.41, 5.74) is 2.70. The molecule has 2 rings (SSSR count). The van der Waals surface area contributed by atoms with Crippen LogP contribution in [-0.2, 0) is 13.1 Å². The third-order valence-electron chi connectivity index (χ3n) is 5.31. The molecular formula is C21H37N5. The number of nitrogens with one attached hydrogen (secondary N) is 2. The van der Waals surface area contributed by atoms with Gasteiger partial charge in [0.1, 0.15) is 0 Å². The molecule has 146 valence electrons. The summed E-state index contributed by atoms with van der Waals surface area (Å²) in [6.07, 6.45) is 2.70.